The minimum atomic E-state index is -0.516. The molecule has 0 aliphatic heterocycles. The maximum atomic E-state index is 12.0. The normalized spacial score (nSPS) is 10.3. The molecule has 120 valence electrons. The molecule has 1 amide bonds. The summed E-state index contributed by atoms with van der Waals surface area (Å²) in [6.07, 6.45) is -0.111. The summed E-state index contributed by atoms with van der Waals surface area (Å²) in [5, 5.41) is 13.6. The van der Waals surface area contributed by atoms with E-state index in [4.69, 9.17) is 0 Å². The van der Waals surface area contributed by atoms with E-state index in [1.165, 1.54) is 6.07 Å². The first-order valence-electron chi connectivity index (χ1n) is 7.07. The van der Waals surface area contributed by atoms with Gasteiger partial charge in [-0.3, -0.25) is 19.7 Å². The van der Waals surface area contributed by atoms with Crippen molar-refractivity contribution in [2.24, 2.45) is 0 Å². The fourth-order valence-electron chi connectivity index (χ4n) is 2.36. The number of hydrogen-bond donors (Lipinski definition) is 2. The fraction of sp³-hybridized carbons (Fsp3) is 0.250. The number of aromatic amines is 1. The highest BCUT2D eigenvalue weighted by molar-refractivity contribution is 5.79. The average Bonchev–Trinajstić information content (AvgIpc) is 2.46. The summed E-state index contributed by atoms with van der Waals surface area (Å²) in [6, 6.07) is 7.92. The standard InChI is InChI=1S/C16H17N3O4/c1-10-7-11(2)18-16(21)13(10)9-17-15(20)8-12-5-3-4-6-14(12)19(22)23/h3-7H,8-9H2,1-2H3,(H,17,20)(H,18,21). The molecule has 1 heterocycles. The van der Waals surface area contributed by atoms with Crippen LogP contribution in [0.2, 0.25) is 0 Å². The van der Waals surface area contributed by atoms with Gasteiger partial charge in [0.1, 0.15) is 0 Å². The summed E-state index contributed by atoms with van der Waals surface area (Å²) >= 11 is 0. The molecule has 0 atom stereocenters. The SMILES string of the molecule is Cc1cc(C)c(CNC(=O)Cc2ccccc2[N+](=O)[O-])c(=O)[nH]1. The third kappa shape index (κ3) is 4.03. The first-order chi connectivity index (χ1) is 10.9. The number of nitro benzene ring substituents is 1. The third-order valence-electron chi connectivity index (χ3n) is 3.50. The number of nitrogens with one attached hydrogen (secondary N) is 2. The highest BCUT2D eigenvalue weighted by atomic mass is 16.6. The summed E-state index contributed by atoms with van der Waals surface area (Å²) in [7, 11) is 0. The Kier molecular flexibility index (Phi) is 4.90. The Morgan fingerprint density at radius 3 is 2.65 bits per heavy atom. The molecule has 2 N–H and O–H groups in total. The van der Waals surface area contributed by atoms with Crippen LogP contribution in [0.3, 0.4) is 0 Å². The van der Waals surface area contributed by atoms with Crippen molar-refractivity contribution in [3.63, 3.8) is 0 Å². The summed E-state index contributed by atoms with van der Waals surface area (Å²) in [6.45, 7) is 3.66. The molecule has 0 aliphatic rings. The van der Waals surface area contributed by atoms with Gasteiger partial charge in [-0.15, -0.1) is 0 Å². The number of para-hydroxylation sites is 1. The first kappa shape index (κ1) is 16.4. The lowest BCUT2D eigenvalue weighted by molar-refractivity contribution is -0.385. The molecular formula is C16H17N3O4. The molecule has 0 saturated heterocycles. The quantitative estimate of drug-likeness (QED) is 0.647. The monoisotopic (exact) mass is 315 g/mol. The summed E-state index contributed by atoms with van der Waals surface area (Å²) in [5.74, 6) is -0.376. The second kappa shape index (κ2) is 6.87. The van der Waals surface area contributed by atoms with Crippen molar-refractivity contribution in [3.8, 4) is 0 Å². The van der Waals surface area contributed by atoms with E-state index in [9.17, 15) is 19.7 Å². The number of aryl methyl sites for hydroxylation is 2. The molecule has 1 aromatic carbocycles. The van der Waals surface area contributed by atoms with Crippen LogP contribution in [-0.2, 0) is 17.8 Å². The molecule has 0 bridgehead atoms. The average molecular weight is 315 g/mol. The summed E-state index contributed by atoms with van der Waals surface area (Å²) < 4.78 is 0. The van der Waals surface area contributed by atoms with Crippen LogP contribution in [0, 0.1) is 24.0 Å². The number of H-pyrrole nitrogens is 1. The zero-order chi connectivity index (χ0) is 17.0. The molecule has 1 aromatic heterocycles. The number of nitro groups is 1. The van der Waals surface area contributed by atoms with Crippen LogP contribution in [0.5, 0.6) is 0 Å². The number of amides is 1. The van der Waals surface area contributed by atoms with Crippen LogP contribution in [0.25, 0.3) is 0 Å². The van der Waals surface area contributed by atoms with Gasteiger partial charge < -0.3 is 10.3 Å². The van der Waals surface area contributed by atoms with Crippen molar-refractivity contribution in [1.82, 2.24) is 10.3 Å². The third-order valence-corrected chi connectivity index (χ3v) is 3.50. The minimum absolute atomic E-state index is 0.0842. The van der Waals surface area contributed by atoms with Crippen LogP contribution in [0.4, 0.5) is 5.69 Å². The Hall–Kier alpha value is -2.96. The number of benzene rings is 1. The van der Waals surface area contributed by atoms with Gasteiger partial charge in [-0.05, 0) is 25.5 Å². The van der Waals surface area contributed by atoms with E-state index in [1.54, 1.807) is 32.0 Å². The van der Waals surface area contributed by atoms with Crippen molar-refractivity contribution in [2.45, 2.75) is 26.8 Å². The van der Waals surface area contributed by atoms with E-state index < -0.39 is 4.92 Å². The number of nitrogens with zero attached hydrogens (tertiary/aromatic N) is 1. The Labute approximate surface area is 132 Å². The van der Waals surface area contributed by atoms with Crippen molar-refractivity contribution in [2.75, 3.05) is 0 Å². The predicted molar refractivity (Wildman–Crippen MR) is 85.2 cm³/mol. The second-order valence-corrected chi connectivity index (χ2v) is 5.28. The Balaban J connectivity index is 2.07. The molecule has 2 rings (SSSR count). The molecule has 0 unspecified atom stereocenters. The van der Waals surface area contributed by atoms with Gasteiger partial charge in [-0.25, -0.2) is 0 Å². The molecule has 0 saturated carbocycles. The van der Waals surface area contributed by atoms with Gasteiger partial charge in [0.2, 0.25) is 5.91 Å². The molecular weight excluding hydrogens is 298 g/mol. The number of hydrogen-bond acceptors (Lipinski definition) is 4. The van der Waals surface area contributed by atoms with E-state index >= 15 is 0 Å². The molecule has 2 aromatic rings. The summed E-state index contributed by atoms with van der Waals surface area (Å²) in [4.78, 5) is 37.0. The van der Waals surface area contributed by atoms with Crippen LogP contribution >= 0.6 is 0 Å². The molecule has 7 heteroatoms. The van der Waals surface area contributed by atoms with Crippen LogP contribution in [0.15, 0.2) is 35.1 Å². The van der Waals surface area contributed by atoms with Crippen molar-refractivity contribution in [1.29, 1.82) is 0 Å². The van der Waals surface area contributed by atoms with Crippen molar-refractivity contribution < 1.29 is 9.72 Å². The van der Waals surface area contributed by atoms with Gasteiger partial charge in [-0.1, -0.05) is 18.2 Å². The number of pyridine rings is 1. The Morgan fingerprint density at radius 1 is 1.30 bits per heavy atom. The highest BCUT2D eigenvalue weighted by Gasteiger charge is 2.15. The topological polar surface area (TPSA) is 105 Å². The highest BCUT2D eigenvalue weighted by Crippen LogP contribution is 2.18. The second-order valence-electron chi connectivity index (χ2n) is 5.28. The smallest absolute Gasteiger partial charge is 0.273 e. The number of carbonyl (C=O) groups is 1. The van der Waals surface area contributed by atoms with Gasteiger partial charge in [0, 0.05) is 29.4 Å². The maximum Gasteiger partial charge on any atom is 0.273 e. The van der Waals surface area contributed by atoms with Crippen molar-refractivity contribution in [3.05, 3.63) is 73.2 Å². The zero-order valence-electron chi connectivity index (χ0n) is 12.9. The largest absolute Gasteiger partial charge is 0.352 e. The molecule has 0 aliphatic carbocycles. The van der Waals surface area contributed by atoms with Gasteiger partial charge >= 0.3 is 0 Å². The van der Waals surface area contributed by atoms with E-state index in [0.29, 0.717) is 11.1 Å². The molecule has 7 nitrogen and oxygen atoms in total. The number of aromatic nitrogens is 1. The van der Waals surface area contributed by atoms with E-state index in [-0.39, 0.29) is 30.1 Å². The van der Waals surface area contributed by atoms with Gasteiger partial charge in [0.15, 0.2) is 0 Å². The molecule has 0 fully saturated rings. The molecule has 23 heavy (non-hydrogen) atoms. The van der Waals surface area contributed by atoms with E-state index in [0.717, 1.165) is 11.3 Å². The van der Waals surface area contributed by atoms with Crippen molar-refractivity contribution >= 4 is 11.6 Å². The minimum Gasteiger partial charge on any atom is -0.352 e. The molecule has 0 radical (unpaired) electrons. The van der Waals surface area contributed by atoms with Gasteiger partial charge in [-0.2, -0.15) is 0 Å². The fourth-order valence-corrected chi connectivity index (χ4v) is 2.36. The van der Waals surface area contributed by atoms with Crippen LogP contribution < -0.4 is 10.9 Å². The van der Waals surface area contributed by atoms with E-state index in [1.807, 2.05) is 6.07 Å². The zero-order valence-corrected chi connectivity index (χ0v) is 12.9. The number of carbonyl (C=O) groups excluding carboxylic acids is 1. The van der Waals surface area contributed by atoms with Crippen LogP contribution in [0.1, 0.15) is 22.4 Å². The first-order valence-corrected chi connectivity index (χ1v) is 7.07. The van der Waals surface area contributed by atoms with Gasteiger partial charge in [0.25, 0.3) is 11.2 Å². The van der Waals surface area contributed by atoms with Gasteiger partial charge in [0.05, 0.1) is 11.3 Å². The summed E-state index contributed by atoms with van der Waals surface area (Å²) in [5.41, 5.74) is 2.02. The lowest BCUT2D eigenvalue weighted by Gasteiger charge is -2.08. The van der Waals surface area contributed by atoms with E-state index in [2.05, 4.69) is 10.3 Å². The number of rotatable bonds is 5. The Morgan fingerprint density at radius 2 is 2.00 bits per heavy atom. The Bertz CT molecular complexity index is 811. The molecule has 0 spiro atoms. The lowest BCUT2D eigenvalue weighted by atomic mass is 10.1. The lowest BCUT2D eigenvalue weighted by Crippen LogP contribution is -2.29. The maximum absolute atomic E-state index is 12.0. The predicted octanol–water partition coefficient (Wildman–Crippen LogP) is 1.76. The van der Waals surface area contributed by atoms with Crippen LogP contribution in [-0.4, -0.2) is 15.8 Å².